The fourth-order valence-electron chi connectivity index (χ4n) is 4.13. The van der Waals surface area contributed by atoms with Crippen molar-refractivity contribution in [3.05, 3.63) is 47.3 Å². The summed E-state index contributed by atoms with van der Waals surface area (Å²) in [5.41, 5.74) is 0.580. The van der Waals surface area contributed by atoms with Gasteiger partial charge in [-0.05, 0) is 77.8 Å². The van der Waals surface area contributed by atoms with Crippen molar-refractivity contribution < 1.29 is 42.8 Å². The second-order valence-corrected chi connectivity index (χ2v) is 12.6. The van der Waals surface area contributed by atoms with Gasteiger partial charge in [-0.3, -0.25) is 4.90 Å². The van der Waals surface area contributed by atoms with E-state index in [1.807, 2.05) is 19.9 Å². The summed E-state index contributed by atoms with van der Waals surface area (Å²) in [6.45, 7) is 19.5. The molecule has 0 aromatic heterocycles. The summed E-state index contributed by atoms with van der Waals surface area (Å²) in [5, 5.41) is 9.72. The van der Waals surface area contributed by atoms with Crippen LogP contribution in [0.3, 0.4) is 0 Å². The lowest BCUT2D eigenvalue weighted by Gasteiger charge is -2.26. The highest BCUT2D eigenvalue weighted by molar-refractivity contribution is 5.96. The second-order valence-electron chi connectivity index (χ2n) is 12.6. The largest absolute Gasteiger partial charge is 0.443 e. The molecule has 1 fully saturated rings. The highest BCUT2D eigenvalue weighted by atomic mass is 19.1. The van der Waals surface area contributed by atoms with Crippen LogP contribution in [0.15, 0.2) is 36.2 Å². The van der Waals surface area contributed by atoms with Crippen LogP contribution in [0.25, 0.3) is 6.08 Å². The average molecular weight is 624 g/mol. The van der Waals surface area contributed by atoms with Gasteiger partial charge in [0.05, 0.1) is 29.7 Å². The van der Waals surface area contributed by atoms with Gasteiger partial charge in [0.2, 0.25) is 5.79 Å². The maximum absolute atomic E-state index is 14.8. The molecule has 3 unspecified atom stereocenters. The molecule has 1 aliphatic heterocycles. The number of amides is 1. The van der Waals surface area contributed by atoms with Gasteiger partial charge in [-0.25, -0.2) is 14.0 Å². The van der Waals surface area contributed by atoms with Crippen molar-refractivity contribution in [2.24, 2.45) is 5.92 Å². The van der Waals surface area contributed by atoms with Crippen molar-refractivity contribution in [1.29, 1.82) is 0 Å². The number of benzene rings is 1. The summed E-state index contributed by atoms with van der Waals surface area (Å²) in [6, 6.07) is 4.89. The Kier molecular flexibility index (Phi) is 14.7. The summed E-state index contributed by atoms with van der Waals surface area (Å²) in [6.07, 6.45) is 3.06. The molecular formula is C34H54FNO8. The van der Waals surface area contributed by atoms with E-state index in [1.54, 1.807) is 93.6 Å². The lowest BCUT2D eigenvalue weighted by Crippen LogP contribution is -2.34. The van der Waals surface area contributed by atoms with E-state index in [2.05, 4.69) is 0 Å². The van der Waals surface area contributed by atoms with E-state index < -0.39 is 47.5 Å². The van der Waals surface area contributed by atoms with Crippen molar-refractivity contribution in [3.63, 3.8) is 0 Å². The minimum atomic E-state index is -1.15. The first-order valence-corrected chi connectivity index (χ1v) is 15.2. The summed E-state index contributed by atoms with van der Waals surface area (Å²) in [4.78, 5) is 27.1. The lowest BCUT2D eigenvalue weighted by molar-refractivity contribution is -0.160. The third-order valence-electron chi connectivity index (χ3n) is 6.69. The zero-order chi connectivity index (χ0) is 34.0. The number of rotatable bonds is 11. The Morgan fingerprint density at radius 3 is 2.23 bits per heavy atom. The van der Waals surface area contributed by atoms with E-state index in [4.69, 9.17) is 23.7 Å². The van der Waals surface area contributed by atoms with Crippen LogP contribution in [-0.2, 0) is 23.7 Å². The predicted octanol–water partition coefficient (Wildman–Crippen LogP) is 7.81. The number of nitrogens with zero attached hydrogens (tertiary/aromatic N) is 1. The molecule has 0 spiro atoms. The number of halogens is 1. The van der Waals surface area contributed by atoms with Gasteiger partial charge >= 0.3 is 12.1 Å². The van der Waals surface area contributed by atoms with Crippen molar-refractivity contribution in [1.82, 2.24) is 0 Å². The number of hydrogen-bond acceptors (Lipinski definition) is 8. The van der Waals surface area contributed by atoms with Gasteiger partial charge in [0.1, 0.15) is 5.60 Å². The summed E-state index contributed by atoms with van der Waals surface area (Å²) < 4.78 is 43.1. The van der Waals surface area contributed by atoms with Gasteiger partial charge in [-0.1, -0.05) is 32.9 Å². The summed E-state index contributed by atoms with van der Waals surface area (Å²) in [7, 11) is 3.03. The fraction of sp³-hybridized carbons (Fsp3) is 0.647. The van der Waals surface area contributed by atoms with E-state index in [9.17, 15) is 19.1 Å². The Hall–Kier alpha value is -2.79. The van der Waals surface area contributed by atoms with E-state index in [1.165, 1.54) is 18.1 Å². The molecule has 0 radical (unpaired) electrons. The maximum atomic E-state index is 14.8. The highest BCUT2D eigenvalue weighted by Crippen LogP contribution is 2.34. The van der Waals surface area contributed by atoms with Crippen LogP contribution in [-0.4, -0.2) is 66.8 Å². The third kappa shape index (κ3) is 12.7. The standard InChI is InChI=1S/C32H48FNO8.C2H6/c1-20(21(2)35)17-23(33)19-27-26(39-32(8,9)40-27)14-12-13-22-18-24(34(10)29(37)42-30(3,4)5)15-16-25(22)28(36)41-31(6,7)38-11;1-2/h12-13,15-18,20-21,26-27,35H,14,19H2,1-11H3;1-2H3/b13-12+,23-17+;/t20-,21?,26?,27?;/m1./s1. The molecule has 1 saturated heterocycles. The van der Waals surface area contributed by atoms with Crippen LogP contribution < -0.4 is 4.90 Å². The number of aliphatic hydroxyl groups is 1. The first kappa shape index (κ1) is 39.2. The highest BCUT2D eigenvalue weighted by Gasteiger charge is 2.41. The van der Waals surface area contributed by atoms with Crippen molar-refractivity contribution in [2.45, 2.75) is 124 Å². The Morgan fingerprint density at radius 1 is 1.09 bits per heavy atom. The number of carbonyl (C=O) groups excluding carboxylic acids is 2. The summed E-state index contributed by atoms with van der Waals surface area (Å²) in [5.74, 6) is -3.39. The number of esters is 1. The maximum Gasteiger partial charge on any atom is 0.414 e. The smallest absolute Gasteiger partial charge is 0.414 e. The van der Waals surface area contributed by atoms with Gasteiger partial charge < -0.3 is 28.8 Å². The van der Waals surface area contributed by atoms with E-state index >= 15 is 0 Å². The molecule has 250 valence electrons. The molecule has 44 heavy (non-hydrogen) atoms. The van der Waals surface area contributed by atoms with Crippen LogP contribution in [0.5, 0.6) is 0 Å². The van der Waals surface area contributed by atoms with Crippen LogP contribution in [0.1, 0.15) is 105 Å². The van der Waals surface area contributed by atoms with Crippen LogP contribution in [0.2, 0.25) is 0 Å². The molecule has 9 nitrogen and oxygen atoms in total. The SMILES string of the molecule is CC.COC(C)(C)OC(=O)c1ccc(N(C)C(=O)OC(C)(C)C)cc1/C=C/CC1OC(C)(C)OC1C/C(F)=C\[C@@H](C)C(C)O. The van der Waals surface area contributed by atoms with Gasteiger partial charge in [0, 0.05) is 46.0 Å². The molecule has 0 bridgehead atoms. The van der Waals surface area contributed by atoms with Gasteiger partial charge in [-0.2, -0.15) is 0 Å². The van der Waals surface area contributed by atoms with E-state index in [-0.39, 0.29) is 23.7 Å². The zero-order valence-corrected chi connectivity index (χ0v) is 28.8. The molecule has 10 heteroatoms. The molecule has 1 aliphatic rings. The normalized spacial score (nSPS) is 20.0. The monoisotopic (exact) mass is 623 g/mol. The Balaban J connectivity index is 0.00000474. The quantitative estimate of drug-likeness (QED) is 0.197. The number of aliphatic hydroxyl groups excluding tert-OH is 1. The topological polar surface area (TPSA) is 104 Å². The molecule has 1 aromatic rings. The zero-order valence-electron chi connectivity index (χ0n) is 28.8. The second kappa shape index (κ2) is 16.5. The fourth-order valence-corrected chi connectivity index (χ4v) is 4.13. The molecule has 1 heterocycles. The van der Waals surface area contributed by atoms with E-state index in [0.29, 0.717) is 17.7 Å². The molecule has 0 saturated carbocycles. The Labute approximate surface area is 263 Å². The van der Waals surface area contributed by atoms with Crippen molar-refractivity contribution in [2.75, 3.05) is 19.1 Å². The minimum Gasteiger partial charge on any atom is -0.443 e. The molecular weight excluding hydrogens is 569 g/mol. The molecule has 1 aromatic carbocycles. The number of hydrogen-bond donors (Lipinski definition) is 1. The number of carbonyl (C=O) groups is 2. The van der Waals surface area contributed by atoms with Crippen LogP contribution in [0, 0.1) is 5.92 Å². The molecule has 4 atom stereocenters. The van der Waals surface area contributed by atoms with Crippen molar-refractivity contribution >= 4 is 23.8 Å². The van der Waals surface area contributed by atoms with E-state index in [0.717, 1.165) is 0 Å². The molecule has 1 N–H and O–H groups in total. The molecule has 2 rings (SSSR count). The van der Waals surface area contributed by atoms with Crippen molar-refractivity contribution in [3.8, 4) is 0 Å². The first-order valence-electron chi connectivity index (χ1n) is 15.2. The number of anilines is 1. The van der Waals surface area contributed by atoms with Crippen LogP contribution >= 0.6 is 0 Å². The molecule has 0 aliphatic carbocycles. The van der Waals surface area contributed by atoms with Gasteiger partial charge in [-0.15, -0.1) is 0 Å². The third-order valence-corrected chi connectivity index (χ3v) is 6.69. The number of ether oxygens (including phenoxy) is 5. The minimum absolute atomic E-state index is 0.00115. The van der Waals surface area contributed by atoms with Crippen LogP contribution in [0.4, 0.5) is 14.9 Å². The van der Waals surface area contributed by atoms with Gasteiger partial charge in [0.25, 0.3) is 0 Å². The Morgan fingerprint density at radius 2 is 1.68 bits per heavy atom. The van der Waals surface area contributed by atoms with Gasteiger partial charge in [0.15, 0.2) is 5.79 Å². The average Bonchev–Trinajstić information content (AvgIpc) is 3.20. The Bertz CT molecular complexity index is 1150. The predicted molar refractivity (Wildman–Crippen MR) is 171 cm³/mol. The lowest BCUT2D eigenvalue weighted by atomic mass is 10.0. The first-order chi connectivity index (χ1) is 20.2. The molecule has 1 amide bonds. The number of methoxy groups -OCH3 is 1. The summed E-state index contributed by atoms with van der Waals surface area (Å²) >= 11 is 0.